The van der Waals surface area contributed by atoms with Crippen LogP contribution < -0.4 is 0 Å². The van der Waals surface area contributed by atoms with Crippen LogP contribution in [0, 0.1) is 46.3 Å². The van der Waals surface area contributed by atoms with Crippen LogP contribution >= 0.6 is 0 Å². The molecule has 0 aromatic carbocycles. The summed E-state index contributed by atoms with van der Waals surface area (Å²) in [5.41, 5.74) is 0. The van der Waals surface area contributed by atoms with Gasteiger partial charge in [0, 0.05) is 11.8 Å². The van der Waals surface area contributed by atoms with Gasteiger partial charge in [0.2, 0.25) is 0 Å². The molecule has 3 saturated carbocycles. The molecule has 1 heterocycles. The first-order valence-electron chi connectivity index (χ1n) is 4.81. The molecule has 0 aromatic rings. The fourth-order valence-corrected chi connectivity index (χ4v) is 3.19. The predicted octanol–water partition coefficient (Wildman–Crippen LogP) is 1.07. The molecule has 2 bridgehead atoms. The Morgan fingerprint density at radius 2 is 1.38 bits per heavy atom. The Bertz CT molecular complexity index is 295. The molecule has 4 aliphatic rings. The number of nitriles is 2. The number of rotatable bonds is 0. The summed E-state index contributed by atoms with van der Waals surface area (Å²) in [6.07, 6.45) is 2.82. The van der Waals surface area contributed by atoms with E-state index in [0.29, 0.717) is 24.0 Å². The summed E-state index contributed by atoms with van der Waals surface area (Å²) < 4.78 is 5.53. The lowest BCUT2D eigenvalue weighted by Crippen LogP contribution is -2.44. The molecule has 6 unspecified atom stereocenters. The molecule has 6 atom stereocenters. The first kappa shape index (κ1) is 7.35. The average Bonchev–Trinajstić information content (AvgIpc) is 2.97. The SMILES string of the molecule is N#CC1C(C#N)C2CCC1C1OC21. The van der Waals surface area contributed by atoms with Crippen molar-refractivity contribution in [3.8, 4) is 12.1 Å². The number of hydrogen-bond donors (Lipinski definition) is 0. The molecular weight excluding hydrogens is 164 g/mol. The van der Waals surface area contributed by atoms with Gasteiger partial charge in [-0.05, 0) is 12.8 Å². The standard InChI is InChI=1S/C10H10N2O/c11-3-7-5-1-2-6(8(7)4-12)10-9(5)13-10/h5-10H,1-2H2. The van der Waals surface area contributed by atoms with Crippen LogP contribution in [-0.2, 0) is 4.74 Å². The second kappa shape index (κ2) is 2.25. The molecule has 3 aliphatic carbocycles. The van der Waals surface area contributed by atoms with Crippen LogP contribution in [0.1, 0.15) is 12.8 Å². The maximum absolute atomic E-state index is 8.99. The Hall–Kier alpha value is -1.06. The molecule has 66 valence electrons. The normalized spacial score (nSPS) is 56.2. The molecule has 1 aliphatic heterocycles. The zero-order valence-electron chi connectivity index (χ0n) is 7.18. The Kier molecular flexibility index (Phi) is 1.27. The molecule has 0 amide bonds. The monoisotopic (exact) mass is 174 g/mol. The molecular formula is C10H10N2O. The van der Waals surface area contributed by atoms with E-state index in [0.717, 1.165) is 12.8 Å². The van der Waals surface area contributed by atoms with Gasteiger partial charge in [-0.25, -0.2) is 0 Å². The second-order valence-electron chi connectivity index (χ2n) is 4.28. The first-order chi connectivity index (χ1) is 6.36. The summed E-state index contributed by atoms with van der Waals surface area (Å²) in [6.45, 7) is 0. The number of hydrogen-bond acceptors (Lipinski definition) is 3. The van der Waals surface area contributed by atoms with E-state index in [4.69, 9.17) is 15.3 Å². The smallest absolute Gasteiger partial charge is 0.0886 e. The Morgan fingerprint density at radius 1 is 0.923 bits per heavy atom. The molecule has 4 rings (SSSR count). The summed E-state index contributed by atoms with van der Waals surface area (Å²) >= 11 is 0. The van der Waals surface area contributed by atoms with Crippen molar-refractivity contribution >= 4 is 0 Å². The number of epoxide rings is 1. The minimum atomic E-state index is -0.0625. The summed E-state index contributed by atoms with van der Waals surface area (Å²) in [5, 5.41) is 18.0. The van der Waals surface area contributed by atoms with Crippen LogP contribution in [0.3, 0.4) is 0 Å². The van der Waals surface area contributed by atoms with E-state index < -0.39 is 0 Å². The van der Waals surface area contributed by atoms with E-state index in [2.05, 4.69) is 12.1 Å². The van der Waals surface area contributed by atoms with Crippen LogP contribution in [0.25, 0.3) is 0 Å². The van der Waals surface area contributed by atoms with Gasteiger partial charge in [-0.15, -0.1) is 0 Å². The van der Waals surface area contributed by atoms with Crippen LogP contribution in [0.2, 0.25) is 0 Å². The van der Waals surface area contributed by atoms with E-state index in [-0.39, 0.29) is 11.8 Å². The van der Waals surface area contributed by atoms with E-state index in [9.17, 15) is 0 Å². The van der Waals surface area contributed by atoms with E-state index >= 15 is 0 Å². The van der Waals surface area contributed by atoms with Crippen molar-refractivity contribution in [1.29, 1.82) is 10.5 Å². The molecule has 1 saturated heterocycles. The minimum Gasteiger partial charge on any atom is -0.369 e. The van der Waals surface area contributed by atoms with Crippen molar-refractivity contribution in [2.75, 3.05) is 0 Å². The van der Waals surface area contributed by atoms with Crippen LogP contribution in [0.15, 0.2) is 0 Å². The molecule has 0 N–H and O–H groups in total. The molecule has 13 heavy (non-hydrogen) atoms. The number of fused-ring (bicyclic) bond motifs is 2. The molecule has 0 radical (unpaired) electrons. The fraction of sp³-hybridized carbons (Fsp3) is 0.800. The fourth-order valence-electron chi connectivity index (χ4n) is 3.19. The predicted molar refractivity (Wildman–Crippen MR) is 43.1 cm³/mol. The molecule has 0 aromatic heterocycles. The van der Waals surface area contributed by atoms with Gasteiger partial charge in [-0.1, -0.05) is 0 Å². The quantitative estimate of drug-likeness (QED) is 0.516. The van der Waals surface area contributed by atoms with Gasteiger partial charge in [0.25, 0.3) is 0 Å². The third-order valence-corrected chi connectivity index (χ3v) is 3.85. The van der Waals surface area contributed by atoms with Gasteiger partial charge < -0.3 is 4.74 Å². The topological polar surface area (TPSA) is 60.1 Å². The van der Waals surface area contributed by atoms with E-state index in [1.54, 1.807) is 0 Å². The highest BCUT2D eigenvalue weighted by Crippen LogP contribution is 2.57. The Labute approximate surface area is 76.9 Å². The van der Waals surface area contributed by atoms with Crippen molar-refractivity contribution in [2.24, 2.45) is 23.7 Å². The summed E-state index contributed by atoms with van der Waals surface area (Å²) in [7, 11) is 0. The number of ether oxygens (including phenoxy) is 1. The summed E-state index contributed by atoms with van der Waals surface area (Å²) in [6, 6.07) is 4.58. The minimum absolute atomic E-state index is 0.0625. The molecule has 4 fully saturated rings. The zero-order chi connectivity index (χ0) is 9.00. The van der Waals surface area contributed by atoms with Crippen LogP contribution in [-0.4, -0.2) is 12.2 Å². The highest BCUT2D eigenvalue weighted by atomic mass is 16.6. The summed E-state index contributed by atoms with van der Waals surface area (Å²) in [5.74, 6) is 0.578. The highest BCUT2D eigenvalue weighted by Gasteiger charge is 2.63. The molecule has 3 heteroatoms. The van der Waals surface area contributed by atoms with Gasteiger partial charge in [-0.3, -0.25) is 0 Å². The first-order valence-corrected chi connectivity index (χ1v) is 4.81. The maximum Gasteiger partial charge on any atom is 0.0886 e. The summed E-state index contributed by atoms with van der Waals surface area (Å²) in [4.78, 5) is 0. The van der Waals surface area contributed by atoms with E-state index in [1.807, 2.05) is 0 Å². The Morgan fingerprint density at radius 3 is 1.77 bits per heavy atom. The van der Waals surface area contributed by atoms with Crippen molar-refractivity contribution in [3.05, 3.63) is 0 Å². The van der Waals surface area contributed by atoms with Crippen LogP contribution in [0.5, 0.6) is 0 Å². The van der Waals surface area contributed by atoms with E-state index in [1.165, 1.54) is 0 Å². The van der Waals surface area contributed by atoms with Gasteiger partial charge in [0.15, 0.2) is 0 Å². The lowest BCUT2D eigenvalue weighted by Gasteiger charge is -2.39. The van der Waals surface area contributed by atoms with Gasteiger partial charge in [0.1, 0.15) is 0 Å². The van der Waals surface area contributed by atoms with Crippen molar-refractivity contribution in [1.82, 2.24) is 0 Å². The van der Waals surface area contributed by atoms with Crippen molar-refractivity contribution < 1.29 is 4.74 Å². The largest absolute Gasteiger partial charge is 0.369 e. The molecule has 3 nitrogen and oxygen atoms in total. The van der Waals surface area contributed by atoms with Gasteiger partial charge in [-0.2, -0.15) is 10.5 Å². The molecule has 0 spiro atoms. The third-order valence-electron chi connectivity index (χ3n) is 3.85. The van der Waals surface area contributed by atoms with Gasteiger partial charge in [0.05, 0.1) is 36.2 Å². The van der Waals surface area contributed by atoms with Crippen molar-refractivity contribution in [3.63, 3.8) is 0 Å². The Balaban J connectivity index is 1.98. The third kappa shape index (κ3) is 0.759. The zero-order valence-corrected chi connectivity index (χ0v) is 7.18. The second-order valence-corrected chi connectivity index (χ2v) is 4.28. The number of nitrogens with zero attached hydrogens (tertiary/aromatic N) is 2. The van der Waals surface area contributed by atoms with Gasteiger partial charge >= 0.3 is 0 Å². The lowest BCUT2D eigenvalue weighted by atomic mass is 9.59. The average molecular weight is 174 g/mol. The van der Waals surface area contributed by atoms with Crippen molar-refractivity contribution in [2.45, 2.75) is 25.0 Å². The highest BCUT2D eigenvalue weighted by molar-refractivity contribution is 5.19. The maximum atomic E-state index is 8.99. The lowest BCUT2D eigenvalue weighted by molar-refractivity contribution is 0.122. The van der Waals surface area contributed by atoms with Crippen LogP contribution in [0.4, 0.5) is 0 Å².